The average Bonchev–Trinajstić information content (AvgIpc) is 2.81. The second kappa shape index (κ2) is 10.7. The molecule has 0 bridgehead atoms. The van der Waals surface area contributed by atoms with Crippen molar-refractivity contribution in [2.75, 3.05) is 11.9 Å². The molecule has 0 fully saturated rings. The van der Waals surface area contributed by atoms with Crippen LogP contribution in [0.5, 0.6) is 11.5 Å². The van der Waals surface area contributed by atoms with Gasteiger partial charge < -0.3 is 15.2 Å². The molecule has 0 heterocycles. The number of carbonyl (C=O) groups excluding carboxylic acids is 2. The van der Waals surface area contributed by atoms with Crippen molar-refractivity contribution in [3.63, 3.8) is 0 Å². The van der Waals surface area contributed by atoms with Crippen molar-refractivity contribution in [3.8, 4) is 11.5 Å². The predicted octanol–water partition coefficient (Wildman–Crippen LogP) is 5.10. The highest BCUT2D eigenvalue weighted by molar-refractivity contribution is 6.04. The normalized spacial score (nSPS) is 11.3. The molecule has 3 aromatic rings. The lowest BCUT2D eigenvalue weighted by Crippen LogP contribution is -2.18. The topological polar surface area (TPSA) is 100 Å². The molecule has 2 amide bonds. The summed E-state index contributed by atoms with van der Waals surface area (Å²) < 4.78 is 5.33. The van der Waals surface area contributed by atoms with Crippen LogP contribution in [0.4, 0.5) is 5.69 Å². The van der Waals surface area contributed by atoms with Crippen LogP contribution >= 0.6 is 0 Å². The molecule has 0 radical (unpaired) electrons. The number of nitrogens with zero attached hydrogens (tertiary/aromatic N) is 1. The van der Waals surface area contributed by atoms with Gasteiger partial charge in [-0.25, -0.2) is 5.43 Å². The van der Waals surface area contributed by atoms with Gasteiger partial charge in [0, 0.05) is 16.8 Å². The second-order valence-corrected chi connectivity index (χ2v) is 8.72. The minimum atomic E-state index is -0.393. The van der Waals surface area contributed by atoms with E-state index in [0.29, 0.717) is 34.7 Å². The lowest BCUT2D eigenvalue weighted by Gasteiger charge is -2.19. The maximum Gasteiger partial charge on any atom is 0.271 e. The largest absolute Gasteiger partial charge is 0.504 e. The maximum atomic E-state index is 12.5. The van der Waals surface area contributed by atoms with Crippen LogP contribution < -0.4 is 15.5 Å². The van der Waals surface area contributed by atoms with Gasteiger partial charge in [0.2, 0.25) is 0 Å². The molecule has 0 saturated heterocycles. The summed E-state index contributed by atoms with van der Waals surface area (Å²) in [6.45, 7) is 8.61. The summed E-state index contributed by atoms with van der Waals surface area (Å²) in [5.41, 5.74) is 5.83. The third kappa shape index (κ3) is 6.45. The van der Waals surface area contributed by atoms with Gasteiger partial charge in [0.15, 0.2) is 11.5 Å². The summed E-state index contributed by atoms with van der Waals surface area (Å²) in [6, 6.07) is 18.8. The standard InChI is InChI=1S/C27H29N3O4/c1-5-34-24-16-18(6-15-23(24)31)17-28-30-26(33)20-9-13-22(14-10-20)29-25(32)19-7-11-21(12-8-19)27(2,3)4/h6-17,31H,5H2,1-4H3,(H,29,32)(H,30,33). The number of carbonyl (C=O) groups is 2. The Morgan fingerprint density at radius 2 is 1.56 bits per heavy atom. The number of nitrogens with one attached hydrogen (secondary N) is 2. The van der Waals surface area contributed by atoms with E-state index in [1.807, 2.05) is 19.1 Å². The Balaban J connectivity index is 1.57. The SMILES string of the molecule is CCOc1cc(C=NNC(=O)c2ccc(NC(=O)c3ccc(C(C)(C)C)cc3)cc2)ccc1O. The fourth-order valence-electron chi connectivity index (χ4n) is 3.14. The molecule has 0 aliphatic carbocycles. The van der Waals surface area contributed by atoms with Crippen molar-refractivity contribution in [1.82, 2.24) is 5.43 Å². The molecule has 34 heavy (non-hydrogen) atoms. The van der Waals surface area contributed by atoms with Gasteiger partial charge in [-0.3, -0.25) is 9.59 Å². The Morgan fingerprint density at radius 3 is 2.18 bits per heavy atom. The predicted molar refractivity (Wildman–Crippen MR) is 134 cm³/mol. The smallest absolute Gasteiger partial charge is 0.271 e. The zero-order valence-electron chi connectivity index (χ0n) is 19.8. The number of hydrogen-bond donors (Lipinski definition) is 3. The van der Waals surface area contributed by atoms with Crippen LogP contribution in [0.2, 0.25) is 0 Å². The van der Waals surface area contributed by atoms with Crippen LogP contribution in [0.15, 0.2) is 71.8 Å². The molecule has 0 aromatic heterocycles. The van der Waals surface area contributed by atoms with Crippen LogP contribution in [0.3, 0.4) is 0 Å². The molecular formula is C27H29N3O4. The molecule has 0 saturated carbocycles. The summed E-state index contributed by atoms with van der Waals surface area (Å²) in [7, 11) is 0. The minimum Gasteiger partial charge on any atom is -0.504 e. The van der Waals surface area contributed by atoms with Crippen LogP contribution in [-0.2, 0) is 5.41 Å². The molecular weight excluding hydrogens is 430 g/mol. The number of benzene rings is 3. The van der Waals surface area contributed by atoms with E-state index in [9.17, 15) is 14.7 Å². The first kappa shape index (κ1) is 24.5. The molecule has 7 heteroatoms. The van der Waals surface area contributed by atoms with E-state index >= 15 is 0 Å². The number of anilines is 1. The molecule has 7 nitrogen and oxygen atoms in total. The number of phenols is 1. The van der Waals surface area contributed by atoms with E-state index in [1.165, 1.54) is 12.3 Å². The molecule has 0 unspecified atom stereocenters. The molecule has 3 rings (SSSR count). The highest BCUT2D eigenvalue weighted by atomic mass is 16.5. The number of aromatic hydroxyl groups is 1. The Bertz CT molecular complexity index is 1180. The Labute approximate surface area is 199 Å². The van der Waals surface area contributed by atoms with E-state index in [2.05, 4.69) is 36.6 Å². The first-order valence-corrected chi connectivity index (χ1v) is 11.0. The fourth-order valence-corrected chi connectivity index (χ4v) is 3.14. The van der Waals surface area contributed by atoms with E-state index in [-0.39, 0.29) is 17.1 Å². The van der Waals surface area contributed by atoms with Crippen molar-refractivity contribution >= 4 is 23.7 Å². The Morgan fingerprint density at radius 1 is 0.941 bits per heavy atom. The molecule has 176 valence electrons. The third-order valence-electron chi connectivity index (χ3n) is 5.08. The van der Waals surface area contributed by atoms with Crippen LogP contribution in [0.25, 0.3) is 0 Å². The zero-order chi connectivity index (χ0) is 24.7. The van der Waals surface area contributed by atoms with Gasteiger partial charge in [0.1, 0.15) is 0 Å². The first-order valence-electron chi connectivity index (χ1n) is 11.0. The number of phenolic OH excluding ortho intramolecular Hbond substituents is 1. The lowest BCUT2D eigenvalue weighted by atomic mass is 9.87. The zero-order valence-corrected chi connectivity index (χ0v) is 19.8. The van der Waals surface area contributed by atoms with Crippen molar-refractivity contribution in [2.24, 2.45) is 5.10 Å². The van der Waals surface area contributed by atoms with Crippen molar-refractivity contribution in [1.29, 1.82) is 0 Å². The highest BCUT2D eigenvalue weighted by Crippen LogP contribution is 2.26. The summed E-state index contributed by atoms with van der Waals surface area (Å²) in [6.07, 6.45) is 1.46. The summed E-state index contributed by atoms with van der Waals surface area (Å²) in [5.74, 6) is -0.226. The molecule has 3 N–H and O–H groups in total. The minimum absolute atomic E-state index is 0.0198. The van der Waals surface area contributed by atoms with Crippen LogP contribution in [0, 0.1) is 0 Å². The van der Waals surface area contributed by atoms with Crippen LogP contribution in [-0.4, -0.2) is 29.7 Å². The van der Waals surface area contributed by atoms with Crippen LogP contribution in [0.1, 0.15) is 59.5 Å². The van der Waals surface area contributed by atoms with E-state index < -0.39 is 5.91 Å². The third-order valence-corrected chi connectivity index (χ3v) is 5.08. The van der Waals surface area contributed by atoms with Gasteiger partial charge in [0.25, 0.3) is 11.8 Å². The monoisotopic (exact) mass is 459 g/mol. The van der Waals surface area contributed by atoms with Crippen molar-refractivity contribution in [3.05, 3.63) is 89.0 Å². The number of hydrazone groups is 1. The van der Waals surface area contributed by atoms with Gasteiger partial charge in [-0.05, 0) is 78.1 Å². The Kier molecular flexibility index (Phi) is 7.68. The number of hydrogen-bond acceptors (Lipinski definition) is 5. The van der Waals surface area contributed by atoms with Gasteiger partial charge in [-0.2, -0.15) is 5.10 Å². The van der Waals surface area contributed by atoms with E-state index in [4.69, 9.17) is 4.74 Å². The molecule has 0 spiro atoms. The quantitative estimate of drug-likeness (QED) is 0.338. The van der Waals surface area contributed by atoms with Gasteiger partial charge in [-0.15, -0.1) is 0 Å². The first-order chi connectivity index (χ1) is 16.2. The summed E-state index contributed by atoms with van der Waals surface area (Å²) in [5, 5.41) is 16.5. The molecule has 0 atom stereocenters. The number of rotatable bonds is 7. The molecule has 3 aromatic carbocycles. The lowest BCUT2D eigenvalue weighted by molar-refractivity contribution is 0.0954. The van der Waals surface area contributed by atoms with E-state index in [1.54, 1.807) is 48.5 Å². The van der Waals surface area contributed by atoms with E-state index in [0.717, 1.165) is 5.56 Å². The fraction of sp³-hybridized carbons (Fsp3) is 0.222. The van der Waals surface area contributed by atoms with Crippen molar-refractivity contribution in [2.45, 2.75) is 33.1 Å². The molecule has 0 aliphatic rings. The summed E-state index contributed by atoms with van der Waals surface area (Å²) >= 11 is 0. The van der Waals surface area contributed by atoms with Gasteiger partial charge >= 0.3 is 0 Å². The van der Waals surface area contributed by atoms with Crippen molar-refractivity contribution < 1.29 is 19.4 Å². The maximum absolute atomic E-state index is 12.5. The molecule has 0 aliphatic heterocycles. The highest BCUT2D eigenvalue weighted by Gasteiger charge is 2.14. The average molecular weight is 460 g/mol. The van der Waals surface area contributed by atoms with Gasteiger partial charge in [0.05, 0.1) is 12.8 Å². The number of ether oxygens (including phenoxy) is 1. The summed E-state index contributed by atoms with van der Waals surface area (Å²) in [4.78, 5) is 24.9. The van der Waals surface area contributed by atoms with Gasteiger partial charge in [-0.1, -0.05) is 32.9 Å². The number of amides is 2. The second-order valence-electron chi connectivity index (χ2n) is 8.72. The Hall–Kier alpha value is -4.13.